The second-order valence-electron chi connectivity index (χ2n) is 5.69. The highest BCUT2D eigenvalue weighted by Gasteiger charge is 2.26. The smallest absolute Gasteiger partial charge is 0.0348 e. The van der Waals surface area contributed by atoms with E-state index in [1.165, 1.54) is 35.0 Å². The van der Waals surface area contributed by atoms with Crippen molar-refractivity contribution in [1.82, 2.24) is 4.90 Å². The summed E-state index contributed by atoms with van der Waals surface area (Å²) in [4.78, 5) is 2.48. The molecule has 1 aromatic heterocycles. The number of fused-ring (bicyclic) bond motifs is 1. The van der Waals surface area contributed by atoms with E-state index >= 15 is 0 Å². The SMILES string of the molecule is Cc1cccc2scc(C3CCN(C)C(C)C3)c12. The number of hydrogen-bond donors (Lipinski definition) is 0. The number of nitrogens with zero attached hydrogens (tertiary/aromatic N) is 1. The summed E-state index contributed by atoms with van der Waals surface area (Å²) in [7, 11) is 2.25. The summed E-state index contributed by atoms with van der Waals surface area (Å²) in [6, 6.07) is 7.39. The van der Waals surface area contributed by atoms with Crippen LogP contribution >= 0.6 is 11.3 Å². The van der Waals surface area contributed by atoms with Gasteiger partial charge in [-0.1, -0.05) is 12.1 Å². The fraction of sp³-hybridized carbons (Fsp3) is 0.500. The predicted molar refractivity (Wildman–Crippen MR) is 80.6 cm³/mol. The summed E-state index contributed by atoms with van der Waals surface area (Å²) in [6.45, 7) is 5.83. The molecule has 0 spiro atoms. The highest BCUT2D eigenvalue weighted by Crippen LogP contribution is 2.39. The molecule has 0 amide bonds. The topological polar surface area (TPSA) is 3.24 Å². The number of hydrogen-bond acceptors (Lipinski definition) is 2. The minimum absolute atomic E-state index is 0.711. The van der Waals surface area contributed by atoms with Crippen molar-refractivity contribution in [1.29, 1.82) is 0 Å². The van der Waals surface area contributed by atoms with Crippen LogP contribution in [0.25, 0.3) is 10.1 Å². The predicted octanol–water partition coefficient (Wildman–Crippen LogP) is 4.41. The van der Waals surface area contributed by atoms with Gasteiger partial charge in [-0.15, -0.1) is 11.3 Å². The summed E-state index contributed by atoms with van der Waals surface area (Å²) in [5.74, 6) is 0.756. The van der Waals surface area contributed by atoms with Gasteiger partial charge in [-0.3, -0.25) is 0 Å². The second kappa shape index (κ2) is 4.67. The standard InChI is InChI=1S/C16H21NS/c1-11-5-4-6-15-16(11)14(10-18-15)13-7-8-17(3)12(2)9-13/h4-6,10,12-13H,7-9H2,1-3H3. The minimum atomic E-state index is 0.711. The van der Waals surface area contributed by atoms with Gasteiger partial charge in [0.05, 0.1) is 0 Å². The maximum absolute atomic E-state index is 2.48. The fourth-order valence-electron chi connectivity index (χ4n) is 3.17. The first kappa shape index (κ1) is 12.2. The Labute approximate surface area is 113 Å². The highest BCUT2D eigenvalue weighted by atomic mass is 32.1. The zero-order chi connectivity index (χ0) is 12.7. The van der Waals surface area contributed by atoms with Crippen molar-refractivity contribution in [2.75, 3.05) is 13.6 Å². The van der Waals surface area contributed by atoms with Crippen molar-refractivity contribution in [2.24, 2.45) is 0 Å². The molecule has 1 aromatic carbocycles. The van der Waals surface area contributed by atoms with Crippen LogP contribution in [0.1, 0.15) is 36.8 Å². The molecular formula is C16H21NS. The van der Waals surface area contributed by atoms with Crippen LogP contribution in [0.15, 0.2) is 23.6 Å². The number of piperidine rings is 1. The zero-order valence-electron chi connectivity index (χ0n) is 11.4. The lowest BCUT2D eigenvalue weighted by molar-refractivity contribution is 0.183. The van der Waals surface area contributed by atoms with Gasteiger partial charge in [0.25, 0.3) is 0 Å². The summed E-state index contributed by atoms with van der Waals surface area (Å²) < 4.78 is 1.46. The number of benzene rings is 1. The third kappa shape index (κ3) is 1.98. The molecule has 2 aromatic rings. The summed E-state index contributed by atoms with van der Waals surface area (Å²) >= 11 is 1.91. The average Bonchev–Trinajstić information content (AvgIpc) is 2.78. The first-order valence-electron chi connectivity index (χ1n) is 6.83. The molecule has 3 rings (SSSR count). The van der Waals surface area contributed by atoms with Crippen molar-refractivity contribution < 1.29 is 0 Å². The zero-order valence-corrected chi connectivity index (χ0v) is 12.3. The number of thiophene rings is 1. The van der Waals surface area contributed by atoms with Gasteiger partial charge in [0, 0.05) is 10.7 Å². The Hall–Kier alpha value is -0.860. The molecule has 1 nitrogen and oxygen atoms in total. The van der Waals surface area contributed by atoms with Gasteiger partial charge < -0.3 is 4.90 Å². The first-order chi connectivity index (χ1) is 8.66. The molecule has 0 radical (unpaired) electrons. The van der Waals surface area contributed by atoms with Gasteiger partial charge in [-0.2, -0.15) is 0 Å². The van der Waals surface area contributed by atoms with Crippen LogP contribution < -0.4 is 0 Å². The van der Waals surface area contributed by atoms with E-state index in [4.69, 9.17) is 0 Å². The number of rotatable bonds is 1. The Balaban J connectivity index is 2.00. The van der Waals surface area contributed by atoms with Crippen LogP contribution in [-0.4, -0.2) is 24.5 Å². The highest BCUT2D eigenvalue weighted by molar-refractivity contribution is 7.17. The molecule has 18 heavy (non-hydrogen) atoms. The van der Waals surface area contributed by atoms with Gasteiger partial charge >= 0.3 is 0 Å². The minimum Gasteiger partial charge on any atom is -0.304 e. The molecule has 0 bridgehead atoms. The number of likely N-dealkylation sites (tertiary alicyclic amines) is 1. The first-order valence-corrected chi connectivity index (χ1v) is 7.71. The quantitative estimate of drug-likeness (QED) is 0.733. The summed E-state index contributed by atoms with van der Waals surface area (Å²) in [6.07, 6.45) is 2.61. The average molecular weight is 259 g/mol. The summed E-state index contributed by atoms with van der Waals surface area (Å²) in [5.41, 5.74) is 3.04. The van der Waals surface area contributed by atoms with E-state index in [2.05, 4.69) is 49.4 Å². The molecule has 2 atom stereocenters. The monoisotopic (exact) mass is 259 g/mol. The van der Waals surface area contributed by atoms with Crippen LogP contribution in [0, 0.1) is 6.92 Å². The fourth-order valence-corrected chi connectivity index (χ4v) is 4.29. The molecule has 2 unspecified atom stereocenters. The lowest BCUT2D eigenvalue weighted by Gasteiger charge is -2.35. The van der Waals surface area contributed by atoms with E-state index in [1.807, 2.05) is 11.3 Å². The number of aryl methyl sites for hydroxylation is 1. The Morgan fingerprint density at radius 3 is 2.94 bits per heavy atom. The second-order valence-corrected chi connectivity index (χ2v) is 6.60. The van der Waals surface area contributed by atoms with Crippen molar-refractivity contribution >= 4 is 21.4 Å². The van der Waals surface area contributed by atoms with Gasteiger partial charge in [0.15, 0.2) is 0 Å². The summed E-state index contributed by atoms with van der Waals surface area (Å²) in [5, 5.41) is 3.93. The third-order valence-corrected chi connectivity index (χ3v) is 5.45. The molecule has 96 valence electrons. The van der Waals surface area contributed by atoms with Crippen molar-refractivity contribution in [3.63, 3.8) is 0 Å². The molecule has 0 aliphatic carbocycles. The molecule has 0 N–H and O–H groups in total. The largest absolute Gasteiger partial charge is 0.304 e. The maximum atomic E-state index is 2.48. The van der Waals surface area contributed by atoms with E-state index in [0.29, 0.717) is 6.04 Å². The van der Waals surface area contributed by atoms with Crippen LogP contribution in [0.5, 0.6) is 0 Å². The Morgan fingerprint density at radius 1 is 1.33 bits per heavy atom. The van der Waals surface area contributed by atoms with Crippen molar-refractivity contribution in [3.8, 4) is 0 Å². The molecule has 1 aliphatic heterocycles. The van der Waals surface area contributed by atoms with Crippen LogP contribution in [0.4, 0.5) is 0 Å². The van der Waals surface area contributed by atoms with Crippen molar-refractivity contribution in [3.05, 3.63) is 34.7 Å². The van der Waals surface area contributed by atoms with E-state index in [0.717, 1.165) is 5.92 Å². The van der Waals surface area contributed by atoms with Crippen LogP contribution in [0.3, 0.4) is 0 Å². The van der Waals surface area contributed by atoms with Gasteiger partial charge in [0.2, 0.25) is 0 Å². The lowest BCUT2D eigenvalue weighted by Crippen LogP contribution is -2.36. The Morgan fingerprint density at radius 2 is 2.17 bits per heavy atom. The normalized spacial score (nSPS) is 25.7. The third-order valence-electron chi connectivity index (χ3n) is 4.48. The molecule has 1 aliphatic rings. The van der Waals surface area contributed by atoms with Gasteiger partial charge in [-0.05, 0) is 74.2 Å². The van der Waals surface area contributed by atoms with E-state index in [9.17, 15) is 0 Å². The van der Waals surface area contributed by atoms with E-state index in [-0.39, 0.29) is 0 Å². The lowest BCUT2D eigenvalue weighted by atomic mass is 9.85. The van der Waals surface area contributed by atoms with Crippen molar-refractivity contribution in [2.45, 2.75) is 38.6 Å². The molecule has 1 fully saturated rings. The molecule has 0 saturated carbocycles. The maximum Gasteiger partial charge on any atom is 0.0348 e. The van der Waals surface area contributed by atoms with Crippen LogP contribution in [0.2, 0.25) is 0 Å². The van der Waals surface area contributed by atoms with E-state index < -0.39 is 0 Å². The van der Waals surface area contributed by atoms with Crippen LogP contribution in [-0.2, 0) is 0 Å². The molecular weight excluding hydrogens is 238 g/mol. The van der Waals surface area contributed by atoms with Gasteiger partial charge in [-0.25, -0.2) is 0 Å². The van der Waals surface area contributed by atoms with E-state index in [1.54, 1.807) is 5.56 Å². The molecule has 1 saturated heterocycles. The van der Waals surface area contributed by atoms with Gasteiger partial charge in [0.1, 0.15) is 0 Å². The molecule has 2 heterocycles. The Bertz CT molecular complexity index is 557. The Kier molecular flexibility index (Phi) is 3.16. The molecule has 2 heteroatoms.